The highest BCUT2D eigenvalue weighted by molar-refractivity contribution is 5.96. The van der Waals surface area contributed by atoms with Crippen molar-refractivity contribution in [2.24, 2.45) is 0 Å². The molecule has 0 unspecified atom stereocenters. The second-order valence-corrected chi connectivity index (χ2v) is 9.54. The number of imidazole rings is 1. The highest BCUT2D eigenvalue weighted by Gasteiger charge is 2.17. The van der Waals surface area contributed by atoms with Crippen LogP contribution in [0.3, 0.4) is 0 Å². The number of likely N-dealkylation sites (N-methyl/N-ethyl adjacent to an activating group) is 1. The van der Waals surface area contributed by atoms with Crippen LogP contribution in [0.2, 0.25) is 0 Å². The van der Waals surface area contributed by atoms with Gasteiger partial charge in [-0.25, -0.2) is 14.4 Å². The van der Waals surface area contributed by atoms with Gasteiger partial charge in [-0.2, -0.15) is 5.10 Å². The van der Waals surface area contributed by atoms with E-state index in [0.29, 0.717) is 29.3 Å². The number of nitrogens with two attached hydrogens (primary N) is 1. The topological polar surface area (TPSA) is 112 Å². The van der Waals surface area contributed by atoms with Crippen LogP contribution in [0, 0.1) is 5.82 Å². The van der Waals surface area contributed by atoms with Gasteiger partial charge in [0.2, 0.25) is 0 Å². The van der Waals surface area contributed by atoms with Crippen LogP contribution >= 0.6 is 0 Å². The predicted octanol–water partition coefficient (Wildman–Crippen LogP) is 5.53. The molecular formula is C29H27FN8. The van der Waals surface area contributed by atoms with Crippen molar-refractivity contribution >= 4 is 33.4 Å². The van der Waals surface area contributed by atoms with E-state index in [4.69, 9.17) is 15.7 Å². The molecule has 9 heteroatoms. The summed E-state index contributed by atoms with van der Waals surface area (Å²) < 4.78 is 14.6. The summed E-state index contributed by atoms with van der Waals surface area (Å²) >= 11 is 0. The Balaban J connectivity index is 1.40. The molecule has 0 spiro atoms. The molecule has 6 aromatic rings. The number of nitrogens with zero attached hydrogens (tertiary/aromatic N) is 4. The van der Waals surface area contributed by atoms with Gasteiger partial charge >= 0.3 is 0 Å². The molecule has 6 rings (SSSR count). The van der Waals surface area contributed by atoms with Crippen LogP contribution in [-0.4, -0.2) is 57.2 Å². The number of nitrogen functional groups attached to an aromatic ring is 1. The first-order valence-electron chi connectivity index (χ1n) is 12.3. The second kappa shape index (κ2) is 9.60. The third-order valence-electron chi connectivity index (χ3n) is 6.42. The van der Waals surface area contributed by atoms with E-state index >= 15 is 0 Å². The summed E-state index contributed by atoms with van der Waals surface area (Å²) in [4.78, 5) is 15.2. The van der Waals surface area contributed by atoms with Crippen LogP contribution in [0.4, 0.5) is 15.8 Å². The van der Waals surface area contributed by atoms with E-state index in [2.05, 4.69) is 25.4 Å². The van der Waals surface area contributed by atoms with Gasteiger partial charge in [-0.1, -0.05) is 24.3 Å². The minimum atomic E-state index is -0.306. The standard InChI is InChI=1S/C29H27FN8/c1-38(2)12-11-32-21-15-18(13-19(30)16-21)22-7-4-8-24-26(22)35-29(34-24)28-27-25(36-37-28)10-9-23(33-27)17-5-3-6-20(31)14-17/h3-10,13-16,32H,11-12,31H2,1-2H3,(H,34,35)(H,36,37). The number of hydrogen-bond donors (Lipinski definition) is 4. The molecule has 3 aromatic carbocycles. The molecule has 0 saturated carbocycles. The maximum absolute atomic E-state index is 14.6. The highest BCUT2D eigenvalue weighted by Crippen LogP contribution is 2.33. The monoisotopic (exact) mass is 506 g/mol. The number of H-pyrrole nitrogens is 2. The molecular weight excluding hydrogens is 479 g/mol. The van der Waals surface area contributed by atoms with Gasteiger partial charge in [-0.15, -0.1) is 0 Å². The molecule has 190 valence electrons. The van der Waals surface area contributed by atoms with Crippen molar-refractivity contribution in [1.29, 1.82) is 0 Å². The number of aromatic amines is 2. The lowest BCUT2D eigenvalue weighted by molar-refractivity contribution is 0.425. The Bertz CT molecular complexity index is 1770. The molecule has 0 aliphatic rings. The molecule has 0 saturated heterocycles. The molecule has 0 fully saturated rings. The molecule has 0 atom stereocenters. The minimum Gasteiger partial charge on any atom is -0.399 e. The van der Waals surface area contributed by atoms with Gasteiger partial charge in [-0.3, -0.25) is 5.10 Å². The number of pyridine rings is 1. The van der Waals surface area contributed by atoms with Gasteiger partial charge in [0.25, 0.3) is 0 Å². The van der Waals surface area contributed by atoms with Crippen molar-refractivity contribution < 1.29 is 4.39 Å². The number of para-hydroxylation sites is 1. The van der Waals surface area contributed by atoms with E-state index in [1.807, 2.05) is 74.8 Å². The predicted molar refractivity (Wildman–Crippen MR) is 151 cm³/mol. The zero-order valence-electron chi connectivity index (χ0n) is 21.1. The van der Waals surface area contributed by atoms with Crippen LogP contribution in [0.25, 0.3) is 56.0 Å². The maximum atomic E-state index is 14.6. The third kappa shape index (κ3) is 4.55. The number of fused-ring (bicyclic) bond motifs is 2. The Labute approximate surface area is 218 Å². The smallest absolute Gasteiger partial charge is 0.161 e. The normalized spacial score (nSPS) is 11.6. The van der Waals surface area contributed by atoms with Crippen molar-refractivity contribution in [1.82, 2.24) is 30.0 Å². The number of halogens is 1. The Kier molecular flexibility index (Phi) is 5.97. The molecule has 3 heterocycles. The molecule has 5 N–H and O–H groups in total. The molecule has 0 aliphatic heterocycles. The van der Waals surface area contributed by atoms with Gasteiger partial charge in [-0.05, 0) is 68.2 Å². The first kappa shape index (κ1) is 23.6. The maximum Gasteiger partial charge on any atom is 0.161 e. The van der Waals surface area contributed by atoms with E-state index in [0.717, 1.165) is 51.2 Å². The van der Waals surface area contributed by atoms with Gasteiger partial charge < -0.3 is 20.9 Å². The van der Waals surface area contributed by atoms with E-state index < -0.39 is 0 Å². The van der Waals surface area contributed by atoms with Crippen LogP contribution in [-0.2, 0) is 0 Å². The molecule has 0 bridgehead atoms. The summed E-state index contributed by atoms with van der Waals surface area (Å²) in [5.41, 5.74) is 14.3. The Morgan fingerprint density at radius 3 is 2.61 bits per heavy atom. The molecule has 8 nitrogen and oxygen atoms in total. The van der Waals surface area contributed by atoms with Crippen molar-refractivity contribution in [3.05, 3.63) is 78.6 Å². The summed E-state index contributed by atoms with van der Waals surface area (Å²) in [5, 5.41) is 10.9. The largest absolute Gasteiger partial charge is 0.399 e. The molecule has 0 amide bonds. The zero-order chi connectivity index (χ0) is 26.2. The summed E-state index contributed by atoms with van der Waals surface area (Å²) in [6.07, 6.45) is 0. The van der Waals surface area contributed by atoms with Crippen LogP contribution < -0.4 is 11.1 Å². The number of nitrogens with one attached hydrogen (secondary N) is 3. The number of aromatic nitrogens is 5. The summed E-state index contributed by atoms with van der Waals surface area (Å²) in [5.74, 6) is 0.274. The van der Waals surface area contributed by atoms with Gasteiger partial charge in [0.15, 0.2) is 11.5 Å². The summed E-state index contributed by atoms with van der Waals surface area (Å²) in [6.45, 7) is 1.55. The Morgan fingerprint density at radius 1 is 0.895 bits per heavy atom. The summed E-state index contributed by atoms with van der Waals surface area (Å²) in [7, 11) is 4.01. The van der Waals surface area contributed by atoms with Crippen molar-refractivity contribution in [3.63, 3.8) is 0 Å². The van der Waals surface area contributed by atoms with Gasteiger partial charge in [0.1, 0.15) is 11.3 Å². The van der Waals surface area contributed by atoms with Crippen molar-refractivity contribution in [2.75, 3.05) is 38.2 Å². The van der Waals surface area contributed by atoms with E-state index in [9.17, 15) is 4.39 Å². The number of anilines is 2. The van der Waals surface area contributed by atoms with E-state index in [1.54, 1.807) is 0 Å². The lowest BCUT2D eigenvalue weighted by Gasteiger charge is -2.13. The summed E-state index contributed by atoms with van der Waals surface area (Å²) in [6, 6.07) is 22.3. The second-order valence-electron chi connectivity index (χ2n) is 9.54. The molecule has 0 aliphatic carbocycles. The van der Waals surface area contributed by atoms with Gasteiger partial charge in [0, 0.05) is 35.6 Å². The lowest BCUT2D eigenvalue weighted by atomic mass is 10.0. The van der Waals surface area contributed by atoms with Crippen molar-refractivity contribution in [3.8, 4) is 33.9 Å². The third-order valence-corrected chi connectivity index (χ3v) is 6.42. The SMILES string of the molecule is CN(C)CCNc1cc(F)cc(-c2cccc3[nH]c(-c4n[nH]c5ccc(-c6cccc(N)c6)nc45)nc23)c1. The Morgan fingerprint density at radius 2 is 1.76 bits per heavy atom. The first-order chi connectivity index (χ1) is 18.4. The van der Waals surface area contributed by atoms with Crippen LogP contribution in [0.15, 0.2) is 72.8 Å². The van der Waals surface area contributed by atoms with Crippen LogP contribution in [0.5, 0.6) is 0 Å². The molecule has 38 heavy (non-hydrogen) atoms. The molecule has 0 radical (unpaired) electrons. The van der Waals surface area contributed by atoms with E-state index in [-0.39, 0.29) is 5.82 Å². The number of benzene rings is 3. The van der Waals surface area contributed by atoms with Crippen molar-refractivity contribution in [2.45, 2.75) is 0 Å². The van der Waals surface area contributed by atoms with Crippen LogP contribution in [0.1, 0.15) is 0 Å². The van der Waals surface area contributed by atoms with E-state index in [1.165, 1.54) is 12.1 Å². The molecule has 3 aromatic heterocycles. The minimum absolute atomic E-state index is 0.306. The first-order valence-corrected chi connectivity index (χ1v) is 12.3. The average molecular weight is 507 g/mol. The quantitative estimate of drug-likeness (QED) is 0.212. The van der Waals surface area contributed by atoms with Gasteiger partial charge in [0.05, 0.1) is 22.2 Å². The lowest BCUT2D eigenvalue weighted by Crippen LogP contribution is -2.20. The number of rotatable bonds is 7. The fourth-order valence-corrected chi connectivity index (χ4v) is 4.57. The fraction of sp³-hybridized carbons (Fsp3) is 0.138. The Hall–Kier alpha value is -4.76. The fourth-order valence-electron chi connectivity index (χ4n) is 4.57. The average Bonchev–Trinajstić information content (AvgIpc) is 3.51. The number of hydrogen-bond acceptors (Lipinski definition) is 6. The highest BCUT2D eigenvalue weighted by atomic mass is 19.1. The zero-order valence-corrected chi connectivity index (χ0v) is 21.1.